The Labute approximate surface area is 96.0 Å². The molecule has 0 aromatic heterocycles. The van der Waals surface area contributed by atoms with Crippen molar-refractivity contribution in [2.45, 2.75) is 65.2 Å². The number of nitrogens with one attached hydrogen (secondary N) is 1. The van der Waals surface area contributed by atoms with E-state index in [-0.39, 0.29) is 0 Å². The van der Waals surface area contributed by atoms with Crippen molar-refractivity contribution in [1.29, 1.82) is 0 Å². The summed E-state index contributed by atoms with van der Waals surface area (Å²) in [5, 5.41) is 3.48. The van der Waals surface area contributed by atoms with E-state index in [0.29, 0.717) is 0 Å². The van der Waals surface area contributed by atoms with Crippen LogP contribution in [0.5, 0.6) is 0 Å². The van der Waals surface area contributed by atoms with Crippen molar-refractivity contribution in [3.8, 4) is 0 Å². The Kier molecular flexibility index (Phi) is 7.08. The van der Waals surface area contributed by atoms with Gasteiger partial charge in [-0.1, -0.05) is 58.8 Å². The number of piperidine rings is 1. The van der Waals surface area contributed by atoms with Gasteiger partial charge in [0.25, 0.3) is 0 Å². The lowest BCUT2D eigenvalue weighted by molar-refractivity contribution is 0.252. The first kappa shape index (κ1) is 13.0. The van der Waals surface area contributed by atoms with Gasteiger partial charge in [-0.2, -0.15) is 0 Å². The molecule has 1 heteroatoms. The average Bonchev–Trinajstić information content (AvgIpc) is 2.25. The molecule has 1 rings (SSSR count). The molecule has 1 saturated heterocycles. The van der Waals surface area contributed by atoms with Crippen molar-refractivity contribution < 1.29 is 0 Å². The Morgan fingerprint density at radius 2 is 1.80 bits per heavy atom. The maximum Gasteiger partial charge on any atom is -0.00205 e. The molecule has 1 N–H and O–H groups in total. The second-order valence-corrected chi connectivity index (χ2v) is 5.29. The second kappa shape index (κ2) is 8.15. The van der Waals surface area contributed by atoms with Crippen molar-refractivity contribution in [1.82, 2.24) is 5.32 Å². The van der Waals surface area contributed by atoms with E-state index in [1.54, 1.807) is 0 Å². The van der Waals surface area contributed by atoms with Crippen molar-refractivity contribution in [3.05, 3.63) is 0 Å². The van der Waals surface area contributed by atoms with Crippen LogP contribution in [0.15, 0.2) is 0 Å². The number of rotatable bonds is 7. The lowest BCUT2D eigenvalue weighted by Gasteiger charge is -2.29. The first-order chi connectivity index (χ1) is 7.34. The van der Waals surface area contributed by atoms with E-state index in [1.807, 2.05) is 0 Å². The van der Waals surface area contributed by atoms with Crippen LogP contribution in [-0.2, 0) is 0 Å². The molecular formula is C14H29N. The first-order valence-corrected chi connectivity index (χ1v) is 7.05. The Morgan fingerprint density at radius 1 is 1.07 bits per heavy atom. The molecule has 2 unspecified atom stereocenters. The van der Waals surface area contributed by atoms with E-state index in [4.69, 9.17) is 0 Å². The summed E-state index contributed by atoms with van der Waals surface area (Å²) in [7, 11) is 0. The predicted octanol–water partition coefficient (Wildman–Crippen LogP) is 3.98. The molecule has 0 amide bonds. The molecule has 1 heterocycles. The minimum Gasteiger partial charge on any atom is -0.316 e. The number of hydrogen-bond donors (Lipinski definition) is 1. The molecule has 1 nitrogen and oxygen atoms in total. The summed E-state index contributed by atoms with van der Waals surface area (Å²) in [4.78, 5) is 0. The van der Waals surface area contributed by atoms with Gasteiger partial charge in [-0.25, -0.2) is 0 Å². The van der Waals surface area contributed by atoms with Crippen LogP contribution in [0.1, 0.15) is 65.2 Å². The van der Waals surface area contributed by atoms with Crippen LogP contribution >= 0.6 is 0 Å². The Morgan fingerprint density at radius 3 is 2.53 bits per heavy atom. The summed E-state index contributed by atoms with van der Waals surface area (Å²) >= 11 is 0. The van der Waals surface area contributed by atoms with Crippen molar-refractivity contribution in [2.75, 3.05) is 13.1 Å². The van der Waals surface area contributed by atoms with E-state index < -0.39 is 0 Å². The Balaban J connectivity index is 1.94. The highest BCUT2D eigenvalue weighted by atomic mass is 14.9. The predicted molar refractivity (Wildman–Crippen MR) is 68.1 cm³/mol. The highest BCUT2D eigenvalue weighted by Crippen LogP contribution is 2.24. The summed E-state index contributed by atoms with van der Waals surface area (Å²) in [6, 6.07) is 0. The minimum atomic E-state index is 0.911. The second-order valence-electron chi connectivity index (χ2n) is 5.29. The maximum atomic E-state index is 3.48. The fraction of sp³-hybridized carbons (Fsp3) is 1.00. The quantitative estimate of drug-likeness (QED) is 0.628. The summed E-state index contributed by atoms with van der Waals surface area (Å²) in [6.07, 6.45) is 11.6. The normalized spacial score (nSPS) is 26.8. The van der Waals surface area contributed by atoms with E-state index in [2.05, 4.69) is 19.2 Å². The molecule has 0 aromatic rings. The largest absolute Gasteiger partial charge is 0.316 e. The van der Waals surface area contributed by atoms with Gasteiger partial charge in [-0.15, -0.1) is 0 Å². The standard InChI is InChI=1S/C14H29N/c1-3-4-5-6-7-8-9-14-10-11-15-12-13(14)2/h13-15H,3-12H2,1-2H3. The minimum absolute atomic E-state index is 0.911. The molecule has 1 aliphatic heterocycles. The van der Waals surface area contributed by atoms with Crippen molar-refractivity contribution >= 4 is 0 Å². The zero-order chi connectivity index (χ0) is 10.9. The summed E-state index contributed by atoms with van der Waals surface area (Å²) in [5.74, 6) is 1.92. The lowest BCUT2D eigenvalue weighted by Crippen LogP contribution is -2.34. The fourth-order valence-electron chi connectivity index (χ4n) is 2.68. The average molecular weight is 211 g/mol. The molecule has 0 saturated carbocycles. The third-order valence-corrected chi connectivity index (χ3v) is 3.89. The van der Waals surface area contributed by atoms with E-state index in [1.165, 1.54) is 64.5 Å². The molecule has 90 valence electrons. The molecule has 0 aliphatic carbocycles. The van der Waals surface area contributed by atoms with Crippen LogP contribution in [0.2, 0.25) is 0 Å². The van der Waals surface area contributed by atoms with Gasteiger partial charge in [0.05, 0.1) is 0 Å². The summed E-state index contributed by atoms with van der Waals surface area (Å²) in [6.45, 7) is 7.20. The topological polar surface area (TPSA) is 12.0 Å². The van der Waals surface area contributed by atoms with Gasteiger partial charge in [0, 0.05) is 0 Å². The highest BCUT2D eigenvalue weighted by Gasteiger charge is 2.19. The molecule has 0 radical (unpaired) electrons. The van der Waals surface area contributed by atoms with Gasteiger partial charge in [0.15, 0.2) is 0 Å². The molecule has 1 aliphatic rings. The maximum absolute atomic E-state index is 3.48. The van der Waals surface area contributed by atoms with Gasteiger partial charge < -0.3 is 5.32 Å². The Hall–Kier alpha value is -0.0400. The smallest absolute Gasteiger partial charge is 0.00205 e. The third-order valence-electron chi connectivity index (χ3n) is 3.89. The Bertz CT molecular complexity index is 144. The molecule has 2 atom stereocenters. The zero-order valence-electron chi connectivity index (χ0n) is 10.7. The van der Waals surface area contributed by atoms with Crippen LogP contribution in [0.3, 0.4) is 0 Å². The van der Waals surface area contributed by atoms with Crippen LogP contribution in [0.4, 0.5) is 0 Å². The fourth-order valence-corrected chi connectivity index (χ4v) is 2.68. The number of hydrogen-bond acceptors (Lipinski definition) is 1. The van der Waals surface area contributed by atoms with Gasteiger partial charge in [0.2, 0.25) is 0 Å². The highest BCUT2D eigenvalue weighted by molar-refractivity contribution is 4.74. The monoisotopic (exact) mass is 211 g/mol. The summed E-state index contributed by atoms with van der Waals surface area (Å²) in [5.41, 5.74) is 0. The van der Waals surface area contributed by atoms with E-state index >= 15 is 0 Å². The van der Waals surface area contributed by atoms with Gasteiger partial charge in [0.1, 0.15) is 0 Å². The van der Waals surface area contributed by atoms with Gasteiger partial charge in [-0.3, -0.25) is 0 Å². The third kappa shape index (κ3) is 5.55. The van der Waals surface area contributed by atoms with Crippen LogP contribution in [0, 0.1) is 11.8 Å². The van der Waals surface area contributed by atoms with Crippen LogP contribution < -0.4 is 5.32 Å². The molecule has 1 fully saturated rings. The van der Waals surface area contributed by atoms with E-state index in [9.17, 15) is 0 Å². The van der Waals surface area contributed by atoms with Crippen LogP contribution in [0.25, 0.3) is 0 Å². The molecule has 0 aromatic carbocycles. The van der Waals surface area contributed by atoms with Gasteiger partial charge >= 0.3 is 0 Å². The zero-order valence-corrected chi connectivity index (χ0v) is 10.7. The van der Waals surface area contributed by atoms with Crippen molar-refractivity contribution in [3.63, 3.8) is 0 Å². The molecular weight excluding hydrogens is 182 g/mol. The summed E-state index contributed by atoms with van der Waals surface area (Å²) < 4.78 is 0. The molecule has 0 bridgehead atoms. The lowest BCUT2D eigenvalue weighted by atomic mass is 9.84. The SMILES string of the molecule is CCCCCCCCC1CCNCC1C. The van der Waals surface area contributed by atoms with Crippen LogP contribution in [-0.4, -0.2) is 13.1 Å². The number of unbranched alkanes of at least 4 members (excludes halogenated alkanes) is 5. The first-order valence-electron chi connectivity index (χ1n) is 7.05. The van der Waals surface area contributed by atoms with Crippen molar-refractivity contribution in [2.24, 2.45) is 11.8 Å². The van der Waals surface area contributed by atoms with Gasteiger partial charge in [-0.05, 0) is 31.3 Å². The molecule has 0 spiro atoms. The van der Waals surface area contributed by atoms with E-state index in [0.717, 1.165) is 11.8 Å². The molecule has 15 heavy (non-hydrogen) atoms.